The van der Waals surface area contributed by atoms with Crippen molar-refractivity contribution in [1.82, 2.24) is 0 Å². The van der Waals surface area contributed by atoms with Crippen LogP contribution in [0.3, 0.4) is 0 Å². The normalized spacial score (nSPS) is 33.5. The van der Waals surface area contributed by atoms with E-state index >= 15 is 0 Å². The molecule has 2 heteroatoms. The number of carbonyl (C=O) groups excluding carboxylic acids is 1. The molecular formula is C15H24O2. The van der Waals surface area contributed by atoms with Crippen LogP contribution in [-0.2, 0) is 9.53 Å². The van der Waals surface area contributed by atoms with Gasteiger partial charge in [-0.3, -0.25) is 4.79 Å². The molecule has 96 valence electrons. The Balaban J connectivity index is 0.000000514. The van der Waals surface area contributed by atoms with Crippen molar-refractivity contribution >= 4 is 5.97 Å². The summed E-state index contributed by atoms with van der Waals surface area (Å²) in [6.07, 6.45) is 5.70. The van der Waals surface area contributed by atoms with Crippen LogP contribution in [0.2, 0.25) is 0 Å². The first kappa shape index (κ1) is 12.7. The summed E-state index contributed by atoms with van der Waals surface area (Å²) in [5.74, 6) is 0.484. The fraction of sp³-hybridized carbons (Fsp3) is 0.800. The van der Waals surface area contributed by atoms with E-state index in [0.717, 1.165) is 6.42 Å². The van der Waals surface area contributed by atoms with Gasteiger partial charge in [0.25, 0.3) is 0 Å². The maximum atomic E-state index is 11.3. The van der Waals surface area contributed by atoms with Crippen molar-refractivity contribution in [3.8, 4) is 0 Å². The minimum atomic E-state index is 0.0120. The highest BCUT2D eigenvalue weighted by molar-refractivity contribution is 5.73. The Bertz CT molecular complexity index is 352. The molecule has 1 saturated heterocycles. The Labute approximate surface area is 104 Å². The first-order chi connectivity index (χ1) is 8.08. The van der Waals surface area contributed by atoms with Crippen LogP contribution in [-0.4, -0.2) is 12.1 Å². The Hall–Kier alpha value is -0.790. The number of esters is 1. The number of ether oxygens (including phenoxy) is 1. The summed E-state index contributed by atoms with van der Waals surface area (Å²) < 4.78 is 5.49. The predicted octanol–water partition coefficient (Wildman–Crippen LogP) is 3.85. The minimum Gasteiger partial charge on any atom is -0.457 e. The Kier molecular flexibility index (Phi) is 3.33. The van der Waals surface area contributed by atoms with E-state index in [1.165, 1.54) is 24.8 Å². The zero-order chi connectivity index (χ0) is 12.6. The molecule has 0 aromatic rings. The van der Waals surface area contributed by atoms with E-state index in [9.17, 15) is 4.79 Å². The molecule has 0 radical (unpaired) electrons. The maximum Gasteiger partial charge on any atom is 0.306 e. The molecule has 0 aromatic heterocycles. The summed E-state index contributed by atoms with van der Waals surface area (Å²) in [7, 11) is 0. The average Bonchev–Trinajstić information content (AvgIpc) is 2.75. The second-order valence-corrected chi connectivity index (χ2v) is 5.83. The van der Waals surface area contributed by atoms with Crippen molar-refractivity contribution in [1.29, 1.82) is 0 Å². The number of hydrogen-bond acceptors (Lipinski definition) is 2. The molecule has 0 aromatic carbocycles. The van der Waals surface area contributed by atoms with Crippen molar-refractivity contribution in [2.24, 2.45) is 11.3 Å². The number of rotatable bonds is 0. The third-order valence-corrected chi connectivity index (χ3v) is 4.30. The third-order valence-electron chi connectivity index (χ3n) is 4.30. The molecule has 0 amide bonds. The van der Waals surface area contributed by atoms with Crippen LogP contribution >= 0.6 is 0 Å². The second kappa shape index (κ2) is 4.47. The zero-order valence-electron chi connectivity index (χ0n) is 11.5. The van der Waals surface area contributed by atoms with Gasteiger partial charge in [0.2, 0.25) is 0 Å². The minimum absolute atomic E-state index is 0.0120. The van der Waals surface area contributed by atoms with E-state index in [1.807, 2.05) is 13.8 Å². The molecular weight excluding hydrogens is 212 g/mol. The van der Waals surface area contributed by atoms with Gasteiger partial charge in [0.1, 0.15) is 6.10 Å². The molecule has 2 nitrogen and oxygen atoms in total. The van der Waals surface area contributed by atoms with Crippen molar-refractivity contribution < 1.29 is 9.53 Å². The van der Waals surface area contributed by atoms with Gasteiger partial charge in [-0.05, 0) is 36.7 Å². The van der Waals surface area contributed by atoms with Gasteiger partial charge in [-0.2, -0.15) is 0 Å². The van der Waals surface area contributed by atoms with Gasteiger partial charge in [-0.25, -0.2) is 0 Å². The lowest BCUT2D eigenvalue weighted by molar-refractivity contribution is -0.140. The number of allylic oxidation sites excluding steroid dienone is 1. The molecule has 3 rings (SSSR count). The van der Waals surface area contributed by atoms with Crippen molar-refractivity contribution in [3.05, 3.63) is 11.1 Å². The smallest absolute Gasteiger partial charge is 0.306 e. The molecule has 0 saturated carbocycles. The number of hydrogen-bond donors (Lipinski definition) is 0. The van der Waals surface area contributed by atoms with Gasteiger partial charge >= 0.3 is 5.97 Å². The summed E-state index contributed by atoms with van der Waals surface area (Å²) in [4.78, 5) is 11.3. The molecule has 1 fully saturated rings. The monoisotopic (exact) mass is 236 g/mol. The SMILES string of the molecule is CC.CC1(C)CCCC2=C1C1OC(=O)CC1C2. The van der Waals surface area contributed by atoms with Crippen LogP contribution in [0.5, 0.6) is 0 Å². The highest BCUT2D eigenvalue weighted by Crippen LogP contribution is 2.53. The Morgan fingerprint density at radius 1 is 1.24 bits per heavy atom. The summed E-state index contributed by atoms with van der Waals surface area (Å²) in [6, 6.07) is 0. The van der Waals surface area contributed by atoms with E-state index in [4.69, 9.17) is 4.74 Å². The average molecular weight is 236 g/mol. The van der Waals surface area contributed by atoms with Crippen molar-refractivity contribution in [3.63, 3.8) is 0 Å². The predicted molar refractivity (Wildman–Crippen MR) is 68.6 cm³/mol. The van der Waals surface area contributed by atoms with Crippen LogP contribution in [0.1, 0.15) is 59.8 Å². The molecule has 3 aliphatic rings. The van der Waals surface area contributed by atoms with E-state index in [0.29, 0.717) is 12.3 Å². The Morgan fingerprint density at radius 3 is 2.65 bits per heavy atom. The lowest BCUT2D eigenvalue weighted by Gasteiger charge is -2.34. The third kappa shape index (κ3) is 2.02. The van der Waals surface area contributed by atoms with Gasteiger partial charge in [0, 0.05) is 5.92 Å². The fourth-order valence-corrected chi connectivity index (χ4v) is 3.69. The zero-order valence-corrected chi connectivity index (χ0v) is 11.5. The topological polar surface area (TPSA) is 26.3 Å². The highest BCUT2D eigenvalue weighted by atomic mass is 16.6. The first-order valence-corrected chi connectivity index (χ1v) is 7.00. The molecule has 0 N–H and O–H groups in total. The van der Waals surface area contributed by atoms with Gasteiger partial charge in [-0.1, -0.05) is 33.3 Å². The van der Waals surface area contributed by atoms with E-state index in [1.54, 1.807) is 5.57 Å². The lowest BCUT2D eigenvalue weighted by Crippen LogP contribution is -2.27. The second-order valence-electron chi connectivity index (χ2n) is 5.83. The fourth-order valence-electron chi connectivity index (χ4n) is 3.69. The van der Waals surface area contributed by atoms with Crippen LogP contribution in [0.4, 0.5) is 0 Å². The molecule has 1 heterocycles. The summed E-state index contributed by atoms with van der Waals surface area (Å²) in [6.45, 7) is 8.60. The molecule has 1 aliphatic heterocycles. The van der Waals surface area contributed by atoms with E-state index in [-0.39, 0.29) is 17.5 Å². The largest absolute Gasteiger partial charge is 0.457 e. The van der Waals surface area contributed by atoms with Crippen LogP contribution in [0.15, 0.2) is 11.1 Å². The van der Waals surface area contributed by atoms with Crippen molar-refractivity contribution in [2.75, 3.05) is 0 Å². The van der Waals surface area contributed by atoms with Gasteiger partial charge in [0.15, 0.2) is 0 Å². The van der Waals surface area contributed by atoms with Gasteiger partial charge in [-0.15, -0.1) is 0 Å². The molecule has 17 heavy (non-hydrogen) atoms. The summed E-state index contributed by atoms with van der Waals surface area (Å²) in [5.41, 5.74) is 3.34. The van der Waals surface area contributed by atoms with Crippen molar-refractivity contribution in [2.45, 2.75) is 65.9 Å². The standard InChI is InChI=1S/C13H18O2.C2H6/c1-13(2)5-3-4-8-6-9-7-10(14)15-12(9)11(8)13;1-2/h9,12H,3-7H2,1-2H3;1-2H3. The van der Waals surface area contributed by atoms with E-state index in [2.05, 4.69) is 13.8 Å². The molecule has 0 spiro atoms. The van der Waals surface area contributed by atoms with Crippen LogP contribution in [0, 0.1) is 11.3 Å². The molecule has 2 atom stereocenters. The Morgan fingerprint density at radius 2 is 1.94 bits per heavy atom. The quantitative estimate of drug-likeness (QED) is 0.471. The van der Waals surface area contributed by atoms with Crippen LogP contribution in [0.25, 0.3) is 0 Å². The summed E-state index contributed by atoms with van der Waals surface area (Å²) in [5, 5.41) is 0. The van der Waals surface area contributed by atoms with E-state index < -0.39 is 0 Å². The molecule has 2 aliphatic carbocycles. The maximum absolute atomic E-state index is 11.3. The van der Waals surface area contributed by atoms with Gasteiger partial charge in [0.05, 0.1) is 6.42 Å². The first-order valence-electron chi connectivity index (χ1n) is 7.00. The molecule has 0 bridgehead atoms. The summed E-state index contributed by atoms with van der Waals surface area (Å²) >= 11 is 0. The van der Waals surface area contributed by atoms with Crippen LogP contribution < -0.4 is 0 Å². The number of carbonyl (C=O) groups is 1. The van der Waals surface area contributed by atoms with Gasteiger partial charge < -0.3 is 4.74 Å². The lowest BCUT2D eigenvalue weighted by atomic mass is 9.72. The highest BCUT2D eigenvalue weighted by Gasteiger charge is 2.49. The number of fused-ring (bicyclic) bond motifs is 2. The molecule has 2 unspecified atom stereocenters.